The molecular weight excluding hydrogens is 240 g/mol. The lowest BCUT2D eigenvalue weighted by Gasteiger charge is -2.38. The third-order valence-corrected chi connectivity index (χ3v) is 3.52. The summed E-state index contributed by atoms with van der Waals surface area (Å²) in [7, 11) is 4.10. The van der Waals surface area contributed by atoms with Gasteiger partial charge < -0.3 is 20.9 Å². The molecule has 1 saturated heterocycles. The number of hydrogen-bond donors (Lipinski definition) is 3. The van der Waals surface area contributed by atoms with Crippen LogP contribution in [0.4, 0.5) is 0 Å². The van der Waals surface area contributed by atoms with E-state index in [4.69, 9.17) is 0 Å². The molecule has 19 heavy (non-hydrogen) atoms. The molecule has 1 aliphatic heterocycles. The number of nitrogens with one attached hydrogen (secondary N) is 3. The first-order chi connectivity index (χ1) is 8.96. The van der Waals surface area contributed by atoms with E-state index in [0.29, 0.717) is 6.04 Å². The minimum absolute atomic E-state index is 0.168. The Labute approximate surface area is 117 Å². The number of nitrogens with zero attached hydrogens (tertiary/aromatic N) is 1. The summed E-state index contributed by atoms with van der Waals surface area (Å²) < 4.78 is 0. The van der Waals surface area contributed by atoms with E-state index in [1.807, 2.05) is 0 Å². The first-order valence-electron chi connectivity index (χ1n) is 7.38. The maximum atomic E-state index is 12.5. The standard InChI is InChI=1S/C14H30N4O/c1-12(2)17-14(6-9-15-10-7-14)13(19)16-8-5-11-18(3)4/h12,15,17H,5-11H2,1-4H3,(H,16,19). The zero-order chi connectivity index (χ0) is 14.3. The van der Waals surface area contributed by atoms with Crippen molar-refractivity contribution in [2.24, 2.45) is 0 Å². The summed E-state index contributed by atoms with van der Waals surface area (Å²) in [6, 6.07) is 0.325. The molecular formula is C14H30N4O. The van der Waals surface area contributed by atoms with E-state index in [-0.39, 0.29) is 11.4 Å². The van der Waals surface area contributed by atoms with E-state index in [1.54, 1.807) is 0 Å². The molecule has 3 N–H and O–H groups in total. The Hall–Kier alpha value is -0.650. The van der Waals surface area contributed by atoms with Crippen LogP contribution < -0.4 is 16.0 Å². The Morgan fingerprint density at radius 2 is 1.95 bits per heavy atom. The van der Waals surface area contributed by atoms with Crippen LogP contribution in [0.5, 0.6) is 0 Å². The van der Waals surface area contributed by atoms with Crippen LogP contribution in [0.25, 0.3) is 0 Å². The fourth-order valence-corrected chi connectivity index (χ4v) is 2.61. The Balaban J connectivity index is 2.47. The lowest BCUT2D eigenvalue weighted by molar-refractivity contribution is -0.129. The van der Waals surface area contributed by atoms with Crippen molar-refractivity contribution in [1.29, 1.82) is 0 Å². The summed E-state index contributed by atoms with van der Waals surface area (Å²) in [5.41, 5.74) is -0.377. The highest BCUT2D eigenvalue weighted by Crippen LogP contribution is 2.19. The fraction of sp³-hybridized carbons (Fsp3) is 0.929. The summed E-state index contributed by atoms with van der Waals surface area (Å²) in [6.07, 6.45) is 2.73. The van der Waals surface area contributed by atoms with Crippen LogP contribution in [0.3, 0.4) is 0 Å². The molecule has 0 aromatic heterocycles. The van der Waals surface area contributed by atoms with Gasteiger partial charge in [0.25, 0.3) is 0 Å². The highest BCUT2D eigenvalue weighted by molar-refractivity contribution is 5.86. The summed E-state index contributed by atoms with van der Waals surface area (Å²) >= 11 is 0. The number of carbonyl (C=O) groups excluding carboxylic acids is 1. The molecule has 0 aromatic rings. The SMILES string of the molecule is CC(C)NC1(C(=O)NCCCN(C)C)CCNCC1. The normalized spacial score (nSPS) is 18.8. The van der Waals surface area contributed by atoms with Gasteiger partial charge in [-0.3, -0.25) is 4.79 Å². The first-order valence-corrected chi connectivity index (χ1v) is 7.38. The number of rotatable bonds is 7. The second-order valence-corrected chi connectivity index (χ2v) is 6.04. The zero-order valence-corrected chi connectivity index (χ0v) is 12.9. The van der Waals surface area contributed by atoms with E-state index in [0.717, 1.165) is 45.4 Å². The van der Waals surface area contributed by atoms with E-state index < -0.39 is 0 Å². The van der Waals surface area contributed by atoms with Gasteiger partial charge in [0.2, 0.25) is 5.91 Å². The third kappa shape index (κ3) is 5.47. The van der Waals surface area contributed by atoms with Gasteiger partial charge in [0, 0.05) is 12.6 Å². The van der Waals surface area contributed by atoms with Crippen LogP contribution in [0.2, 0.25) is 0 Å². The van der Waals surface area contributed by atoms with Crippen LogP contribution in [0.15, 0.2) is 0 Å². The molecule has 1 amide bonds. The molecule has 1 heterocycles. The van der Waals surface area contributed by atoms with Crippen LogP contribution in [0, 0.1) is 0 Å². The van der Waals surface area contributed by atoms with Gasteiger partial charge in [-0.1, -0.05) is 0 Å². The van der Waals surface area contributed by atoms with E-state index >= 15 is 0 Å². The second-order valence-electron chi connectivity index (χ2n) is 6.04. The van der Waals surface area contributed by atoms with Crippen molar-refractivity contribution in [2.45, 2.75) is 44.7 Å². The quantitative estimate of drug-likeness (QED) is 0.578. The summed E-state index contributed by atoms with van der Waals surface area (Å²) in [5, 5.41) is 9.90. The molecule has 0 aliphatic carbocycles. The molecule has 0 aromatic carbocycles. The fourth-order valence-electron chi connectivity index (χ4n) is 2.61. The van der Waals surface area contributed by atoms with Crippen molar-refractivity contribution >= 4 is 5.91 Å². The molecule has 0 bridgehead atoms. The van der Waals surface area contributed by atoms with Crippen molar-refractivity contribution in [1.82, 2.24) is 20.9 Å². The third-order valence-electron chi connectivity index (χ3n) is 3.52. The Morgan fingerprint density at radius 1 is 1.32 bits per heavy atom. The van der Waals surface area contributed by atoms with Crippen molar-refractivity contribution < 1.29 is 4.79 Å². The Kier molecular flexibility index (Phi) is 6.75. The summed E-state index contributed by atoms with van der Waals surface area (Å²) in [4.78, 5) is 14.6. The maximum Gasteiger partial charge on any atom is 0.240 e. The van der Waals surface area contributed by atoms with Gasteiger partial charge in [0.15, 0.2) is 0 Å². The minimum Gasteiger partial charge on any atom is -0.354 e. The summed E-state index contributed by atoms with van der Waals surface area (Å²) in [5.74, 6) is 0.168. The topological polar surface area (TPSA) is 56.4 Å². The highest BCUT2D eigenvalue weighted by Gasteiger charge is 2.39. The number of carbonyl (C=O) groups is 1. The van der Waals surface area contributed by atoms with Crippen LogP contribution >= 0.6 is 0 Å². The predicted molar refractivity (Wildman–Crippen MR) is 79.3 cm³/mol. The summed E-state index contributed by atoms with van der Waals surface area (Å²) in [6.45, 7) is 7.78. The molecule has 1 aliphatic rings. The van der Waals surface area contributed by atoms with Gasteiger partial charge in [-0.25, -0.2) is 0 Å². The lowest BCUT2D eigenvalue weighted by Crippen LogP contribution is -2.63. The monoisotopic (exact) mass is 270 g/mol. The molecule has 5 nitrogen and oxygen atoms in total. The van der Waals surface area contributed by atoms with E-state index in [9.17, 15) is 4.79 Å². The molecule has 0 unspecified atom stereocenters. The molecule has 1 fully saturated rings. The molecule has 0 atom stereocenters. The number of hydrogen-bond acceptors (Lipinski definition) is 4. The second kappa shape index (κ2) is 7.82. The molecule has 5 heteroatoms. The predicted octanol–water partition coefficient (Wildman–Crippen LogP) is 0.175. The van der Waals surface area contributed by atoms with Crippen LogP contribution in [-0.4, -0.2) is 62.7 Å². The van der Waals surface area contributed by atoms with Gasteiger partial charge >= 0.3 is 0 Å². The average Bonchev–Trinajstić information content (AvgIpc) is 2.34. The Morgan fingerprint density at radius 3 is 2.47 bits per heavy atom. The largest absolute Gasteiger partial charge is 0.354 e. The number of amides is 1. The van der Waals surface area contributed by atoms with E-state index in [2.05, 4.69) is 48.8 Å². The van der Waals surface area contributed by atoms with Crippen molar-refractivity contribution in [3.63, 3.8) is 0 Å². The zero-order valence-electron chi connectivity index (χ0n) is 12.9. The lowest BCUT2D eigenvalue weighted by atomic mass is 9.86. The number of piperidine rings is 1. The smallest absolute Gasteiger partial charge is 0.240 e. The first kappa shape index (κ1) is 16.4. The molecule has 0 radical (unpaired) electrons. The highest BCUT2D eigenvalue weighted by atomic mass is 16.2. The van der Waals surface area contributed by atoms with Crippen molar-refractivity contribution in [3.05, 3.63) is 0 Å². The molecule has 112 valence electrons. The van der Waals surface area contributed by atoms with Gasteiger partial charge in [-0.15, -0.1) is 0 Å². The Bertz CT molecular complexity index is 273. The van der Waals surface area contributed by atoms with Crippen molar-refractivity contribution in [2.75, 3.05) is 40.3 Å². The molecule has 1 rings (SSSR count). The maximum absolute atomic E-state index is 12.5. The van der Waals surface area contributed by atoms with Gasteiger partial charge in [-0.05, 0) is 66.8 Å². The van der Waals surface area contributed by atoms with Crippen molar-refractivity contribution in [3.8, 4) is 0 Å². The van der Waals surface area contributed by atoms with Gasteiger partial charge in [0.05, 0.1) is 0 Å². The average molecular weight is 270 g/mol. The minimum atomic E-state index is -0.377. The van der Waals surface area contributed by atoms with Crippen LogP contribution in [0.1, 0.15) is 33.1 Å². The molecule has 0 saturated carbocycles. The van der Waals surface area contributed by atoms with Crippen LogP contribution in [-0.2, 0) is 4.79 Å². The van der Waals surface area contributed by atoms with Gasteiger partial charge in [-0.2, -0.15) is 0 Å². The molecule has 0 spiro atoms. The van der Waals surface area contributed by atoms with Gasteiger partial charge in [0.1, 0.15) is 5.54 Å². The van der Waals surface area contributed by atoms with E-state index in [1.165, 1.54) is 0 Å².